The first-order valence-electron chi connectivity index (χ1n) is 6.17. The number of amides is 1. The molecule has 0 saturated carbocycles. The summed E-state index contributed by atoms with van der Waals surface area (Å²) in [4.78, 5) is 11.6. The number of benzene rings is 1. The SMILES string of the molecule is O=C(/C=C/c1ccccc1)NCC1COCCN1. The Morgan fingerprint density at radius 1 is 1.44 bits per heavy atom. The van der Waals surface area contributed by atoms with Crippen molar-refractivity contribution in [1.82, 2.24) is 10.6 Å². The molecule has 0 aromatic heterocycles. The van der Waals surface area contributed by atoms with Crippen LogP contribution in [-0.4, -0.2) is 38.3 Å². The van der Waals surface area contributed by atoms with E-state index >= 15 is 0 Å². The second kappa shape index (κ2) is 6.93. The molecule has 4 heteroatoms. The van der Waals surface area contributed by atoms with Gasteiger partial charge >= 0.3 is 0 Å². The molecule has 1 atom stereocenters. The van der Waals surface area contributed by atoms with E-state index in [1.54, 1.807) is 12.2 Å². The molecular weight excluding hydrogens is 228 g/mol. The van der Waals surface area contributed by atoms with E-state index in [4.69, 9.17) is 4.74 Å². The van der Waals surface area contributed by atoms with Crippen molar-refractivity contribution in [2.75, 3.05) is 26.3 Å². The summed E-state index contributed by atoms with van der Waals surface area (Å²) in [6.45, 7) is 2.85. The van der Waals surface area contributed by atoms with Gasteiger partial charge in [-0.2, -0.15) is 0 Å². The van der Waals surface area contributed by atoms with E-state index in [0.29, 0.717) is 13.2 Å². The predicted molar refractivity (Wildman–Crippen MR) is 71.1 cm³/mol. The third kappa shape index (κ3) is 4.31. The Hall–Kier alpha value is -1.65. The number of hydrogen-bond acceptors (Lipinski definition) is 3. The zero-order valence-electron chi connectivity index (χ0n) is 10.3. The average Bonchev–Trinajstić information content (AvgIpc) is 2.45. The topological polar surface area (TPSA) is 50.4 Å². The smallest absolute Gasteiger partial charge is 0.244 e. The van der Waals surface area contributed by atoms with Crippen LogP contribution in [0.15, 0.2) is 36.4 Å². The first kappa shape index (κ1) is 12.8. The first-order chi connectivity index (χ1) is 8.84. The van der Waals surface area contributed by atoms with Crippen LogP contribution < -0.4 is 10.6 Å². The highest BCUT2D eigenvalue weighted by molar-refractivity contribution is 5.91. The van der Waals surface area contributed by atoms with E-state index in [1.807, 2.05) is 30.3 Å². The van der Waals surface area contributed by atoms with Crippen LogP contribution in [0.5, 0.6) is 0 Å². The fourth-order valence-corrected chi connectivity index (χ4v) is 1.77. The van der Waals surface area contributed by atoms with E-state index < -0.39 is 0 Å². The molecule has 1 amide bonds. The Labute approximate surface area is 107 Å². The lowest BCUT2D eigenvalue weighted by Gasteiger charge is -2.23. The molecule has 1 aliphatic heterocycles. The van der Waals surface area contributed by atoms with Gasteiger partial charge in [0.25, 0.3) is 0 Å². The minimum absolute atomic E-state index is 0.0776. The van der Waals surface area contributed by atoms with E-state index in [-0.39, 0.29) is 11.9 Å². The van der Waals surface area contributed by atoms with Crippen LogP contribution in [0.1, 0.15) is 5.56 Å². The molecule has 1 aromatic carbocycles. The van der Waals surface area contributed by atoms with Gasteiger partial charge in [0.2, 0.25) is 5.91 Å². The molecule has 0 spiro atoms. The summed E-state index contributed by atoms with van der Waals surface area (Å²) in [5, 5.41) is 6.14. The van der Waals surface area contributed by atoms with Gasteiger partial charge in [0.15, 0.2) is 0 Å². The summed E-state index contributed by atoms with van der Waals surface area (Å²) in [5.41, 5.74) is 1.02. The average molecular weight is 246 g/mol. The van der Waals surface area contributed by atoms with Crippen LogP contribution in [0.2, 0.25) is 0 Å². The third-order valence-corrected chi connectivity index (χ3v) is 2.75. The Morgan fingerprint density at radius 2 is 2.28 bits per heavy atom. The molecule has 1 fully saturated rings. The lowest BCUT2D eigenvalue weighted by molar-refractivity contribution is -0.116. The summed E-state index contributed by atoms with van der Waals surface area (Å²) in [6.07, 6.45) is 3.36. The highest BCUT2D eigenvalue weighted by Gasteiger charge is 2.12. The molecule has 1 aromatic rings. The maximum atomic E-state index is 11.6. The molecule has 1 heterocycles. The molecule has 1 saturated heterocycles. The van der Waals surface area contributed by atoms with Gasteiger partial charge in [-0.3, -0.25) is 4.79 Å². The monoisotopic (exact) mass is 246 g/mol. The van der Waals surface area contributed by atoms with E-state index in [0.717, 1.165) is 18.7 Å². The van der Waals surface area contributed by atoms with Crippen LogP contribution in [-0.2, 0) is 9.53 Å². The normalized spacial score (nSPS) is 19.9. The van der Waals surface area contributed by atoms with Crippen molar-refractivity contribution in [3.05, 3.63) is 42.0 Å². The fourth-order valence-electron chi connectivity index (χ4n) is 1.77. The lowest BCUT2D eigenvalue weighted by Crippen LogP contribution is -2.48. The van der Waals surface area contributed by atoms with Crippen molar-refractivity contribution in [3.8, 4) is 0 Å². The highest BCUT2D eigenvalue weighted by Crippen LogP contribution is 2.00. The Morgan fingerprint density at radius 3 is 3.00 bits per heavy atom. The Bertz CT molecular complexity index is 398. The molecule has 18 heavy (non-hydrogen) atoms. The first-order valence-corrected chi connectivity index (χ1v) is 6.17. The molecule has 2 N–H and O–H groups in total. The van der Waals surface area contributed by atoms with Crippen LogP contribution in [0, 0.1) is 0 Å². The number of carbonyl (C=O) groups is 1. The standard InChI is InChI=1S/C14H18N2O2/c17-14(7-6-12-4-2-1-3-5-12)16-10-13-11-18-9-8-15-13/h1-7,13,15H,8-11H2,(H,16,17)/b7-6+. The highest BCUT2D eigenvalue weighted by atomic mass is 16.5. The zero-order chi connectivity index (χ0) is 12.6. The maximum absolute atomic E-state index is 11.6. The molecule has 2 rings (SSSR count). The van der Waals surface area contributed by atoms with Crippen LogP contribution >= 0.6 is 0 Å². The molecule has 0 bridgehead atoms. The Balaban J connectivity index is 1.73. The number of nitrogens with one attached hydrogen (secondary N) is 2. The van der Waals surface area contributed by atoms with Gasteiger partial charge in [0.05, 0.1) is 13.2 Å². The predicted octanol–water partition coefficient (Wildman–Crippen LogP) is 0.804. The van der Waals surface area contributed by atoms with Gasteiger partial charge in [-0.1, -0.05) is 30.3 Å². The summed E-state index contributed by atoms with van der Waals surface area (Å²) in [5.74, 6) is -0.0776. The number of morpholine rings is 1. The quantitative estimate of drug-likeness (QED) is 0.773. The minimum atomic E-state index is -0.0776. The van der Waals surface area contributed by atoms with Gasteiger partial charge in [0.1, 0.15) is 0 Å². The summed E-state index contributed by atoms with van der Waals surface area (Å²) in [7, 11) is 0. The van der Waals surface area contributed by atoms with Gasteiger partial charge < -0.3 is 15.4 Å². The van der Waals surface area contributed by atoms with Gasteiger partial charge in [0, 0.05) is 25.2 Å². The minimum Gasteiger partial charge on any atom is -0.378 e. The number of hydrogen-bond donors (Lipinski definition) is 2. The van der Waals surface area contributed by atoms with Crippen LogP contribution in [0.25, 0.3) is 6.08 Å². The van der Waals surface area contributed by atoms with Crippen LogP contribution in [0.3, 0.4) is 0 Å². The van der Waals surface area contributed by atoms with Crippen molar-refractivity contribution >= 4 is 12.0 Å². The van der Waals surface area contributed by atoms with Gasteiger partial charge in [-0.25, -0.2) is 0 Å². The van der Waals surface area contributed by atoms with E-state index in [1.165, 1.54) is 0 Å². The number of carbonyl (C=O) groups excluding carboxylic acids is 1. The van der Waals surface area contributed by atoms with Crippen molar-refractivity contribution in [3.63, 3.8) is 0 Å². The van der Waals surface area contributed by atoms with Crippen molar-refractivity contribution < 1.29 is 9.53 Å². The van der Waals surface area contributed by atoms with Crippen molar-refractivity contribution in [2.45, 2.75) is 6.04 Å². The van der Waals surface area contributed by atoms with Crippen molar-refractivity contribution in [1.29, 1.82) is 0 Å². The zero-order valence-corrected chi connectivity index (χ0v) is 10.3. The molecule has 1 unspecified atom stereocenters. The second-order valence-corrected chi connectivity index (χ2v) is 4.22. The summed E-state index contributed by atoms with van der Waals surface area (Å²) >= 11 is 0. The molecule has 96 valence electrons. The Kier molecular flexibility index (Phi) is 4.93. The third-order valence-electron chi connectivity index (χ3n) is 2.75. The molecular formula is C14H18N2O2. The van der Waals surface area contributed by atoms with E-state index in [9.17, 15) is 4.79 Å². The number of ether oxygens (including phenoxy) is 1. The van der Waals surface area contributed by atoms with Gasteiger partial charge in [-0.15, -0.1) is 0 Å². The molecule has 0 radical (unpaired) electrons. The number of rotatable bonds is 4. The van der Waals surface area contributed by atoms with E-state index in [2.05, 4.69) is 10.6 Å². The summed E-state index contributed by atoms with van der Waals surface area (Å²) in [6, 6.07) is 9.97. The maximum Gasteiger partial charge on any atom is 0.244 e. The molecule has 0 aliphatic carbocycles. The summed E-state index contributed by atoms with van der Waals surface area (Å²) < 4.78 is 5.31. The van der Waals surface area contributed by atoms with Crippen LogP contribution in [0.4, 0.5) is 0 Å². The van der Waals surface area contributed by atoms with Gasteiger partial charge in [-0.05, 0) is 11.6 Å². The molecule has 1 aliphatic rings. The largest absolute Gasteiger partial charge is 0.378 e. The van der Waals surface area contributed by atoms with Crippen molar-refractivity contribution in [2.24, 2.45) is 0 Å². The second-order valence-electron chi connectivity index (χ2n) is 4.22. The molecule has 4 nitrogen and oxygen atoms in total. The fraction of sp³-hybridized carbons (Fsp3) is 0.357. The lowest BCUT2D eigenvalue weighted by atomic mass is 10.2.